The van der Waals surface area contributed by atoms with Crippen molar-refractivity contribution in [3.63, 3.8) is 0 Å². The zero-order valence-electron chi connectivity index (χ0n) is 11.5. The molecule has 100 valence electrons. The Morgan fingerprint density at radius 1 is 1.39 bits per heavy atom. The summed E-state index contributed by atoms with van der Waals surface area (Å²) in [7, 11) is 0. The molecule has 0 aliphatic heterocycles. The van der Waals surface area contributed by atoms with Crippen molar-refractivity contribution in [2.75, 3.05) is 11.9 Å². The van der Waals surface area contributed by atoms with Crippen LogP contribution < -0.4 is 5.32 Å². The smallest absolute Gasteiger partial charge is 0.164 e. The quantitative estimate of drug-likeness (QED) is 0.836. The van der Waals surface area contributed by atoms with Crippen LogP contribution in [0.25, 0.3) is 0 Å². The van der Waals surface area contributed by atoms with Crippen molar-refractivity contribution in [3.05, 3.63) is 11.3 Å². The number of Topliss-reactive ketones (excluding diaryl/α,β-unsaturated/α-hetero) is 1. The first-order valence-corrected chi connectivity index (χ1v) is 7.50. The van der Waals surface area contributed by atoms with Crippen LogP contribution in [0.3, 0.4) is 0 Å². The normalized spacial score (nSPS) is 18.6. The lowest BCUT2D eigenvalue weighted by atomic mass is 9.76. The molecular formula is C14H22N2OS. The molecule has 18 heavy (non-hydrogen) atoms. The molecule has 1 aromatic heterocycles. The number of carbonyl (C=O) groups is 1. The SMILES string of the molecule is CC(=O)c1c(C)nsc1NCC1(C)CCCCC1. The van der Waals surface area contributed by atoms with Crippen LogP contribution >= 0.6 is 11.5 Å². The second-order valence-corrected chi connectivity index (χ2v) is 6.53. The summed E-state index contributed by atoms with van der Waals surface area (Å²) in [6.07, 6.45) is 6.60. The fraction of sp³-hybridized carbons (Fsp3) is 0.714. The molecule has 0 unspecified atom stereocenters. The highest BCUT2D eigenvalue weighted by Gasteiger charge is 2.27. The van der Waals surface area contributed by atoms with E-state index in [1.165, 1.54) is 43.6 Å². The van der Waals surface area contributed by atoms with E-state index < -0.39 is 0 Å². The van der Waals surface area contributed by atoms with Crippen LogP contribution in [0.15, 0.2) is 0 Å². The number of hydrogen-bond acceptors (Lipinski definition) is 4. The van der Waals surface area contributed by atoms with E-state index in [1.807, 2.05) is 6.92 Å². The Morgan fingerprint density at radius 2 is 2.06 bits per heavy atom. The van der Waals surface area contributed by atoms with E-state index in [4.69, 9.17) is 0 Å². The molecule has 1 aliphatic rings. The number of nitrogens with one attached hydrogen (secondary N) is 1. The Balaban J connectivity index is 2.04. The van der Waals surface area contributed by atoms with Crippen LogP contribution in [0.2, 0.25) is 0 Å². The molecule has 0 atom stereocenters. The van der Waals surface area contributed by atoms with Crippen LogP contribution in [0.5, 0.6) is 0 Å². The van der Waals surface area contributed by atoms with Crippen LogP contribution in [0, 0.1) is 12.3 Å². The van der Waals surface area contributed by atoms with Crippen LogP contribution in [-0.4, -0.2) is 16.7 Å². The van der Waals surface area contributed by atoms with Crippen LogP contribution in [-0.2, 0) is 0 Å². The van der Waals surface area contributed by atoms with Gasteiger partial charge in [-0.25, -0.2) is 0 Å². The highest BCUT2D eigenvalue weighted by atomic mass is 32.1. The fourth-order valence-electron chi connectivity index (χ4n) is 2.78. The molecule has 3 nitrogen and oxygen atoms in total. The molecule has 0 bridgehead atoms. The van der Waals surface area contributed by atoms with Crippen molar-refractivity contribution >= 4 is 22.3 Å². The van der Waals surface area contributed by atoms with Gasteiger partial charge in [0.15, 0.2) is 5.78 Å². The number of aromatic nitrogens is 1. The minimum atomic E-state index is 0.109. The van der Waals surface area contributed by atoms with Gasteiger partial charge in [-0.05, 0) is 43.6 Å². The fourth-order valence-corrected chi connectivity index (χ4v) is 3.62. The van der Waals surface area contributed by atoms with Gasteiger partial charge in [0.05, 0.1) is 11.3 Å². The molecule has 4 heteroatoms. The van der Waals surface area contributed by atoms with Gasteiger partial charge in [-0.1, -0.05) is 26.2 Å². The van der Waals surface area contributed by atoms with E-state index in [2.05, 4.69) is 16.6 Å². The van der Waals surface area contributed by atoms with Crippen molar-refractivity contribution in [2.45, 2.75) is 52.9 Å². The van der Waals surface area contributed by atoms with Gasteiger partial charge in [0.2, 0.25) is 0 Å². The van der Waals surface area contributed by atoms with E-state index in [0.29, 0.717) is 5.41 Å². The van der Waals surface area contributed by atoms with Gasteiger partial charge in [-0.15, -0.1) is 0 Å². The van der Waals surface area contributed by atoms with E-state index in [1.54, 1.807) is 6.92 Å². The number of carbonyl (C=O) groups excluding carboxylic acids is 1. The van der Waals surface area contributed by atoms with Gasteiger partial charge in [0, 0.05) is 6.54 Å². The maximum absolute atomic E-state index is 11.6. The van der Waals surface area contributed by atoms with E-state index in [0.717, 1.165) is 22.8 Å². The van der Waals surface area contributed by atoms with Gasteiger partial charge in [0.25, 0.3) is 0 Å². The second kappa shape index (κ2) is 5.39. The molecule has 0 aromatic carbocycles. The van der Waals surface area contributed by atoms with Gasteiger partial charge in [-0.3, -0.25) is 4.79 Å². The molecule has 1 aromatic rings. The average Bonchev–Trinajstić information content (AvgIpc) is 2.69. The molecule has 1 aliphatic carbocycles. The Bertz CT molecular complexity index is 433. The van der Waals surface area contributed by atoms with Gasteiger partial charge in [0.1, 0.15) is 5.00 Å². The molecule has 0 amide bonds. The Labute approximate surface area is 113 Å². The summed E-state index contributed by atoms with van der Waals surface area (Å²) in [5.74, 6) is 0.109. The van der Waals surface area contributed by atoms with E-state index >= 15 is 0 Å². The number of hydrogen-bond donors (Lipinski definition) is 1. The summed E-state index contributed by atoms with van der Waals surface area (Å²) >= 11 is 1.41. The predicted molar refractivity (Wildman–Crippen MR) is 76.5 cm³/mol. The predicted octanol–water partition coefficient (Wildman–Crippen LogP) is 4.04. The number of rotatable bonds is 4. The van der Waals surface area contributed by atoms with Gasteiger partial charge >= 0.3 is 0 Å². The molecule has 1 fully saturated rings. The van der Waals surface area contributed by atoms with Crippen molar-refractivity contribution in [2.24, 2.45) is 5.41 Å². The Hall–Kier alpha value is -0.900. The van der Waals surface area contributed by atoms with Gasteiger partial charge in [-0.2, -0.15) is 4.37 Å². The number of nitrogens with zero attached hydrogens (tertiary/aromatic N) is 1. The zero-order chi connectivity index (χ0) is 13.2. The average molecular weight is 266 g/mol. The lowest BCUT2D eigenvalue weighted by molar-refractivity contribution is 0.101. The molecular weight excluding hydrogens is 244 g/mol. The topological polar surface area (TPSA) is 42.0 Å². The summed E-state index contributed by atoms with van der Waals surface area (Å²) in [6, 6.07) is 0. The first-order chi connectivity index (χ1) is 8.52. The number of aryl methyl sites for hydroxylation is 1. The maximum atomic E-state index is 11.6. The minimum absolute atomic E-state index is 0.109. The first-order valence-electron chi connectivity index (χ1n) is 6.73. The molecule has 2 rings (SSSR count). The lowest BCUT2D eigenvalue weighted by Gasteiger charge is -2.33. The third kappa shape index (κ3) is 2.91. The highest BCUT2D eigenvalue weighted by molar-refractivity contribution is 7.10. The first kappa shape index (κ1) is 13.5. The summed E-state index contributed by atoms with van der Waals surface area (Å²) in [6.45, 7) is 6.82. The summed E-state index contributed by atoms with van der Waals surface area (Å²) in [4.78, 5) is 11.6. The zero-order valence-corrected chi connectivity index (χ0v) is 12.3. The standard InChI is InChI=1S/C14H22N2OS/c1-10-12(11(2)17)13(18-16-10)15-9-14(3)7-5-4-6-8-14/h15H,4-9H2,1-3H3. The van der Waals surface area contributed by atoms with E-state index in [-0.39, 0.29) is 5.78 Å². The molecule has 1 heterocycles. The van der Waals surface area contributed by atoms with Crippen molar-refractivity contribution < 1.29 is 4.79 Å². The Kier molecular flexibility index (Phi) is 4.05. The molecule has 0 radical (unpaired) electrons. The molecule has 0 spiro atoms. The van der Waals surface area contributed by atoms with E-state index in [9.17, 15) is 4.79 Å². The lowest BCUT2D eigenvalue weighted by Crippen LogP contribution is -2.29. The number of ketones is 1. The van der Waals surface area contributed by atoms with Crippen LogP contribution in [0.4, 0.5) is 5.00 Å². The summed E-state index contributed by atoms with van der Waals surface area (Å²) in [5, 5.41) is 4.41. The van der Waals surface area contributed by atoms with Crippen molar-refractivity contribution in [1.29, 1.82) is 0 Å². The maximum Gasteiger partial charge on any atom is 0.164 e. The summed E-state index contributed by atoms with van der Waals surface area (Å²) in [5.41, 5.74) is 2.01. The minimum Gasteiger partial charge on any atom is -0.375 e. The van der Waals surface area contributed by atoms with Crippen molar-refractivity contribution in [3.8, 4) is 0 Å². The number of anilines is 1. The third-order valence-electron chi connectivity index (χ3n) is 3.95. The largest absolute Gasteiger partial charge is 0.375 e. The molecule has 1 saturated carbocycles. The third-order valence-corrected chi connectivity index (χ3v) is 4.85. The summed E-state index contributed by atoms with van der Waals surface area (Å²) < 4.78 is 4.28. The molecule has 1 N–H and O–H groups in total. The van der Waals surface area contributed by atoms with Gasteiger partial charge < -0.3 is 5.32 Å². The monoisotopic (exact) mass is 266 g/mol. The second-order valence-electron chi connectivity index (χ2n) is 5.75. The highest BCUT2D eigenvalue weighted by Crippen LogP contribution is 2.36. The molecule has 0 saturated heterocycles. The van der Waals surface area contributed by atoms with Crippen molar-refractivity contribution in [1.82, 2.24) is 4.37 Å². The van der Waals surface area contributed by atoms with Crippen LogP contribution in [0.1, 0.15) is 62.0 Å². The Morgan fingerprint density at radius 3 is 2.67 bits per heavy atom.